The van der Waals surface area contributed by atoms with Gasteiger partial charge in [-0.25, -0.2) is 4.39 Å². The predicted octanol–water partition coefficient (Wildman–Crippen LogP) is 4.32. The highest BCUT2D eigenvalue weighted by Crippen LogP contribution is 2.33. The zero-order valence-corrected chi connectivity index (χ0v) is 18.3. The third-order valence-electron chi connectivity index (χ3n) is 4.61. The Kier molecular flexibility index (Phi) is 6.31. The van der Waals surface area contributed by atoms with Gasteiger partial charge >= 0.3 is 0 Å². The second-order valence-corrected chi connectivity index (χ2v) is 9.38. The molecule has 2 aromatic heterocycles. The maximum absolute atomic E-state index is 13.3. The number of thiophene rings is 1. The van der Waals surface area contributed by atoms with Crippen LogP contribution in [0, 0.1) is 5.82 Å². The van der Waals surface area contributed by atoms with Crippen LogP contribution in [0.15, 0.2) is 46.7 Å². The highest BCUT2D eigenvalue weighted by Gasteiger charge is 2.32. The third kappa shape index (κ3) is 4.80. The van der Waals surface area contributed by atoms with E-state index in [0.29, 0.717) is 22.2 Å². The fourth-order valence-corrected chi connectivity index (χ4v) is 5.16. The smallest absolute Gasteiger partial charge is 0.266 e. The molecule has 0 saturated carbocycles. The summed E-state index contributed by atoms with van der Waals surface area (Å²) in [5.74, 6) is -0.577. The van der Waals surface area contributed by atoms with Crippen molar-refractivity contribution >= 4 is 68.4 Å². The molecule has 30 heavy (non-hydrogen) atoms. The Morgan fingerprint density at radius 2 is 2.17 bits per heavy atom. The Labute approximate surface area is 186 Å². The number of benzene rings is 1. The van der Waals surface area contributed by atoms with Crippen LogP contribution < -0.4 is 5.32 Å². The van der Waals surface area contributed by atoms with Crippen molar-refractivity contribution in [1.29, 1.82) is 0 Å². The van der Waals surface area contributed by atoms with E-state index >= 15 is 0 Å². The molecule has 2 N–H and O–H groups in total. The molecule has 0 spiro atoms. The second kappa shape index (κ2) is 9.11. The van der Waals surface area contributed by atoms with Gasteiger partial charge in [0, 0.05) is 47.4 Å². The summed E-state index contributed by atoms with van der Waals surface area (Å²) in [6.07, 6.45) is 2.61. The number of H-pyrrole nitrogens is 1. The fourth-order valence-electron chi connectivity index (χ4n) is 3.13. The Morgan fingerprint density at radius 1 is 1.30 bits per heavy atom. The minimum absolute atomic E-state index is 0.145. The summed E-state index contributed by atoms with van der Waals surface area (Å²) in [6, 6.07) is 10.3. The number of carbonyl (C=O) groups excluding carboxylic acids is 2. The number of aromatic amines is 1. The molecule has 2 amide bonds. The normalized spacial score (nSPS) is 15.5. The number of halogens is 1. The Hall–Kier alpha value is -2.49. The fraction of sp³-hybridized carbons (Fsp3) is 0.190. The van der Waals surface area contributed by atoms with Gasteiger partial charge in [0.1, 0.15) is 10.1 Å². The van der Waals surface area contributed by atoms with Gasteiger partial charge in [-0.2, -0.15) is 0 Å². The summed E-state index contributed by atoms with van der Waals surface area (Å²) in [7, 11) is 0. The Balaban J connectivity index is 1.25. The number of aromatic nitrogens is 1. The van der Waals surface area contributed by atoms with Crippen molar-refractivity contribution in [3.05, 3.63) is 63.1 Å². The van der Waals surface area contributed by atoms with E-state index in [1.807, 2.05) is 29.7 Å². The topological polar surface area (TPSA) is 65.2 Å². The first kappa shape index (κ1) is 20.8. The number of nitrogens with zero attached hydrogens (tertiary/aromatic N) is 1. The van der Waals surface area contributed by atoms with Gasteiger partial charge in [0.2, 0.25) is 5.91 Å². The number of hydrogen-bond donors (Lipinski definition) is 2. The van der Waals surface area contributed by atoms with E-state index in [1.54, 1.807) is 17.4 Å². The molecule has 1 fully saturated rings. The molecule has 1 aliphatic heterocycles. The monoisotopic (exact) mass is 459 g/mol. The number of nitrogens with one attached hydrogen (secondary N) is 2. The minimum atomic E-state index is -0.276. The number of thiocarbonyl (C=S) groups is 1. The lowest BCUT2D eigenvalue weighted by atomic mass is 10.2. The quantitative estimate of drug-likeness (QED) is 0.408. The van der Waals surface area contributed by atoms with Crippen LogP contribution in [0.2, 0.25) is 0 Å². The first-order valence-corrected chi connectivity index (χ1v) is 11.4. The van der Waals surface area contributed by atoms with Gasteiger partial charge in [0.25, 0.3) is 5.91 Å². The Bertz CT molecular complexity index is 1140. The zero-order chi connectivity index (χ0) is 21.1. The average Bonchev–Trinajstić information content (AvgIpc) is 3.41. The second-order valence-electron chi connectivity index (χ2n) is 6.72. The lowest BCUT2D eigenvalue weighted by Crippen LogP contribution is -2.34. The van der Waals surface area contributed by atoms with Crippen LogP contribution >= 0.6 is 35.3 Å². The van der Waals surface area contributed by atoms with Gasteiger partial charge in [-0.05, 0) is 41.8 Å². The van der Waals surface area contributed by atoms with Crippen molar-refractivity contribution < 1.29 is 14.0 Å². The van der Waals surface area contributed by atoms with E-state index in [4.69, 9.17) is 12.2 Å². The molecule has 154 valence electrons. The molecule has 3 heterocycles. The van der Waals surface area contributed by atoms with Crippen LogP contribution in [0.4, 0.5) is 4.39 Å². The van der Waals surface area contributed by atoms with Crippen LogP contribution in [0.25, 0.3) is 17.0 Å². The molecule has 0 unspecified atom stereocenters. The van der Waals surface area contributed by atoms with E-state index in [1.165, 1.54) is 28.8 Å². The number of amides is 2. The maximum atomic E-state index is 13.3. The van der Waals surface area contributed by atoms with Gasteiger partial charge in [0.15, 0.2) is 0 Å². The van der Waals surface area contributed by atoms with Crippen molar-refractivity contribution in [3.8, 4) is 0 Å². The summed E-state index contributed by atoms with van der Waals surface area (Å²) >= 11 is 8.12. The van der Waals surface area contributed by atoms with Gasteiger partial charge in [0.05, 0.1) is 4.91 Å². The van der Waals surface area contributed by atoms with Gasteiger partial charge in [-0.15, -0.1) is 11.3 Å². The molecule has 1 aromatic carbocycles. The molecule has 0 atom stereocenters. The van der Waals surface area contributed by atoms with Crippen LogP contribution in [0.5, 0.6) is 0 Å². The van der Waals surface area contributed by atoms with Crippen LogP contribution in [-0.2, 0) is 16.0 Å². The van der Waals surface area contributed by atoms with Gasteiger partial charge in [-0.3, -0.25) is 14.5 Å². The highest BCUT2D eigenvalue weighted by molar-refractivity contribution is 8.26. The first-order valence-electron chi connectivity index (χ1n) is 9.32. The molecule has 1 aliphatic rings. The van der Waals surface area contributed by atoms with E-state index in [-0.39, 0.29) is 30.6 Å². The average molecular weight is 460 g/mol. The lowest BCUT2D eigenvalue weighted by Gasteiger charge is -2.14. The summed E-state index contributed by atoms with van der Waals surface area (Å²) in [5.41, 5.74) is 1.79. The lowest BCUT2D eigenvalue weighted by molar-refractivity contribution is -0.123. The number of carbonyl (C=O) groups is 2. The standard InChI is InChI=1S/C21H18FN3O2S3/c22-14-3-4-17-13(10-14)11-15(24-17)5-7-23-19(26)6-8-25-20(27)18(30-21(25)28)12-16-2-1-9-29-16/h1-4,9-12,24H,5-8H2,(H,23,26)/b18-12-. The van der Waals surface area contributed by atoms with Crippen LogP contribution in [0.3, 0.4) is 0 Å². The van der Waals surface area contributed by atoms with Crippen LogP contribution in [-0.4, -0.2) is 39.1 Å². The van der Waals surface area contributed by atoms with Gasteiger partial charge in [-0.1, -0.05) is 30.0 Å². The molecule has 5 nitrogen and oxygen atoms in total. The molecule has 0 bridgehead atoms. The molecule has 4 rings (SSSR count). The zero-order valence-electron chi connectivity index (χ0n) is 15.8. The first-order chi connectivity index (χ1) is 14.5. The van der Waals surface area contributed by atoms with Crippen molar-refractivity contribution in [1.82, 2.24) is 15.2 Å². The Morgan fingerprint density at radius 3 is 2.97 bits per heavy atom. The molecule has 9 heteroatoms. The van der Waals surface area contributed by atoms with Crippen LogP contribution in [0.1, 0.15) is 17.0 Å². The van der Waals surface area contributed by atoms with E-state index in [0.717, 1.165) is 21.5 Å². The maximum Gasteiger partial charge on any atom is 0.266 e. The summed E-state index contributed by atoms with van der Waals surface area (Å²) < 4.78 is 13.8. The molecule has 0 radical (unpaired) electrons. The van der Waals surface area contributed by atoms with E-state index in [9.17, 15) is 14.0 Å². The van der Waals surface area contributed by atoms with Gasteiger partial charge < -0.3 is 10.3 Å². The number of rotatable bonds is 7. The number of fused-ring (bicyclic) bond motifs is 1. The SMILES string of the molecule is O=C(CCN1C(=O)/C(=C/c2cccs2)SC1=S)NCCc1cc2cc(F)ccc2[nH]1. The van der Waals surface area contributed by atoms with E-state index < -0.39 is 0 Å². The summed E-state index contributed by atoms with van der Waals surface area (Å²) in [4.78, 5) is 31.0. The summed E-state index contributed by atoms with van der Waals surface area (Å²) in [5, 5.41) is 5.61. The van der Waals surface area contributed by atoms with E-state index in [2.05, 4.69) is 10.3 Å². The predicted molar refractivity (Wildman–Crippen MR) is 124 cm³/mol. The van der Waals surface area contributed by atoms with Crippen molar-refractivity contribution in [2.24, 2.45) is 0 Å². The summed E-state index contributed by atoms with van der Waals surface area (Å²) in [6.45, 7) is 0.703. The molecular formula is C21H18FN3O2S3. The van der Waals surface area contributed by atoms with Crippen molar-refractivity contribution in [2.75, 3.05) is 13.1 Å². The largest absolute Gasteiger partial charge is 0.358 e. The number of hydrogen-bond acceptors (Lipinski definition) is 5. The van der Waals surface area contributed by atoms with Crippen molar-refractivity contribution in [3.63, 3.8) is 0 Å². The van der Waals surface area contributed by atoms with Crippen molar-refractivity contribution in [2.45, 2.75) is 12.8 Å². The molecule has 3 aromatic rings. The molecule has 1 saturated heterocycles. The third-order valence-corrected chi connectivity index (χ3v) is 6.80. The minimum Gasteiger partial charge on any atom is -0.358 e. The number of thioether (sulfide) groups is 1. The molecule has 0 aliphatic carbocycles. The molecular weight excluding hydrogens is 441 g/mol. The highest BCUT2D eigenvalue weighted by atomic mass is 32.2.